The molecule has 0 radical (unpaired) electrons. The highest BCUT2D eigenvalue weighted by Gasteiger charge is 2.30. The highest BCUT2D eigenvalue weighted by Crippen LogP contribution is 2.32. The molecule has 3 nitrogen and oxygen atoms in total. The summed E-state index contributed by atoms with van der Waals surface area (Å²) in [6.45, 7) is 6.35. The molecule has 0 aromatic heterocycles. The number of allylic oxidation sites excluding steroid dienone is 1. The van der Waals surface area contributed by atoms with Gasteiger partial charge in [-0.1, -0.05) is 19.9 Å². The number of likely N-dealkylation sites (tertiary alicyclic amines) is 1. The van der Waals surface area contributed by atoms with Gasteiger partial charge in [0.15, 0.2) is 5.78 Å². The monoisotopic (exact) mass is 249 g/mol. The molecule has 2 aliphatic rings. The van der Waals surface area contributed by atoms with Crippen LogP contribution in [0.5, 0.6) is 0 Å². The van der Waals surface area contributed by atoms with Gasteiger partial charge in [0.2, 0.25) is 5.91 Å². The number of carbonyl (C=O) groups is 2. The molecule has 2 fully saturated rings. The van der Waals surface area contributed by atoms with E-state index in [0.29, 0.717) is 12.8 Å². The molecule has 0 bridgehead atoms. The van der Waals surface area contributed by atoms with E-state index in [0.717, 1.165) is 24.5 Å². The average Bonchev–Trinajstić information content (AvgIpc) is 2.70. The molecule has 3 heteroatoms. The molecule has 1 aliphatic heterocycles. The Labute approximate surface area is 109 Å². The Bertz CT molecular complexity index is 338. The van der Waals surface area contributed by atoms with Gasteiger partial charge in [0.25, 0.3) is 0 Å². The van der Waals surface area contributed by atoms with Crippen LogP contribution in [0.3, 0.4) is 0 Å². The Morgan fingerprint density at radius 1 is 1.28 bits per heavy atom. The Hall–Kier alpha value is -1.12. The van der Waals surface area contributed by atoms with Crippen LogP contribution in [0.4, 0.5) is 0 Å². The summed E-state index contributed by atoms with van der Waals surface area (Å²) in [6.07, 6.45) is 6.81. The van der Waals surface area contributed by atoms with Crippen LogP contribution < -0.4 is 0 Å². The molecule has 1 heterocycles. The Morgan fingerprint density at radius 3 is 2.44 bits per heavy atom. The van der Waals surface area contributed by atoms with E-state index in [-0.39, 0.29) is 24.2 Å². The molecular weight excluding hydrogens is 226 g/mol. The lowest BCUT2D eigenvalue weighted by Crippen LogP contribution is -2.34. The average molecular weight is 249 g/mol. The van der Waals surface area contributed by atoms with Crippen molar-refractivity contribution in [2.75, 3.05) is 6.54 Å². The highest BCUT2D eigenvalue weighted by molar-refractivity contribution is 5.90. The van der Waals surface area contributed by atoms with Crippen molar-refractivity contribution >= 4 is 11.7 Å². The van der Waals surface area contributed by atoms with Crippen molar-refractivity contribution in [3.8, 4) is 0 Å². The molecule has 0 atom stereocenters. The van der Waals surface area contributed by atoms with Crippen LogP contribution >= 0.6 is 0 Å². The fraction of sp³-hybridized carbons (Fsp3) is 0.733. The fourth-order valence-electron chi connectivity index (χ4n) is 3.08. The quantitative estimate of drug-likeness (QED) is 0.768. The summed E-state index contributed by atoms with van der Waals surface area (Å²) >= 11 is 0. The molecule has 2 rings (SSSR count). The van der Waals surface area contributed by atoms with E-state index >= 15 is 0 Å². The van der Waals surface area contributed by atoms with Crippen molar-refractivity contribution in [1.82, 2.24) is 4.90 Å². The number of hydrogen-bond acceptors (Lipinski definition) is 2. The molecule has 0 aromatic rings. The maximum absolute atomic E-state index is 12.2. The SMILES string of the molecule is C=C1CCC(=O)N1CC(=O)C1CCC(CC)CC1. The number of ketones is 1. The predicted octanol–water partition coefficient (Wildman–Crippen LogP) is 2.91. The topological polar surface area (TPSA) is 37.4 Å². The minimum atomic E-state index is 0.0654. The Balaban J connectivity index is 1.85. The maximum atomic E-state index is 12.2. The van der Waals surface area contributed by atoms with Crippen molar-refractivity contribution in [3.05, 3.63) is 12.3 Å². The normalized spacial score (nSPS) is 28.8. The molecule has 18 heavy (non-hydrogen) atoms. The highest BCUT2D eigenvalue weighted by atomic mass is 16.2. The smallest absolute Gasteiger partial charge is 0.227 e. The molecule has 0 unspecified atom stereocenters. The van der Waals surface area contributed by atoms with Crippen LogP contribution in [-0.2, 0) is 9.59 Å². The van der Waals surface area contributed by atoms with Crippen LogP contribution in [-0.4, -0.2) is 23.1 Å². The van der Waals surface area contributed by atoms with Crippen molar-refractivity contribution in [2.45, 2.75) is 51.9 Å². The number of amides is 1. The van der Waals surface area contributed by atoms with Crippen LogP contribution in [0.15, 0.2) is 12.3 Å². The van der Waals surface area contributed by atoms with Gasteiger partial charge in [-0.25, -0.2) is 0 Å². The zero-order valence-corrected chi connectivity index (χ0v) is 11.3. The summed E-state index contributed by atoms with van der Waals surface area (Å²) in [6, 6.07) is 0. The van der Waals surface area contributed by atoms with E-state index in [4.69, 9.17) is 0 Å². The van der Waals surface area contributed by atoms with Crippen molar-refractivity contribution in [2.24, 2.45) is 11.8 Å². The van der Waals surface area contributed by atoms with Gasteiger partial charge in [-0.3, -0.25) is 9.59 Å². The van der Waals surface area contributed by atoms with E-state index in [1.54, 1.807) is 4.90 Å². The third-order valence-corrected chi connectivity index (χ3v) is 4.50. The second-order valence-corrected chi connectivity index (χ2v) is 5.64. The first-order valence-corrected chi connectivity index (χ1v) is 7.12. The van der Waals surface area contributed by atoms with Gasteiger partial charge >= 0.3 is 0 Å². The lowest BCUT2D eigenvalue weighted by molar-refractivity contribution is -0.133. The fourth-order valence-corrected chi connectivity index (χ4v) is 3.08. The third-order valence-electron chi connectivity index (χ3n) is 4.50. The van der Waals surface area contributed by atoms with E-state index in [2.05, 4.69) is 13.5 Å². The van der Waals surface area contributed by atoms with Gasteiger partial charge in [-0.2, -0.15) is 0 Å². The van der Waals surface area contributed by atoms with Gasteiger partial charge in [0.05, 0.1) is 6.54 Å². The standard InChI is InChI=1S/C15H23NO2/c1-3-12-5-7-13(8-6-12)14(17)10-16-11(2)4-9-15(16)18/h12-13H,2-10H2,1H3. The lowest BCUT2D eigenvalue weighted by Gasteiger charge is -2.28. The first-order valence-electron chi connectivity index (χ1n) is 7.12. The molecule has 1 aliphatic carbocycles. The van der Waals surface area contributed by atoms with Crippen molar-refractivity contribution < 1.29 is 9.59 Å². The van der Waals surface area contributed by atoms with Crippen LogP contribution in [0.25, 0.3) is 0 Å². The van der Waals surface area contributed by atoms with Gasteiger partial charge < -0.3 is 4.90 Å². The van der Waals surface area contributed by atoms with Gasteiger partial charge in [0, 0.05) is 18.0 Å². The number of nitrogens with zero attached hydrogens (tertiary/aromatic N) is 1. The molecule has 1 saturated carbocycles. The third kappa shape index (κ3) is 2.82. The Morgan fingerprint density at radius 2 is 1.94 bits per heavy atom. The summed E-state index contributed by atoms with van der Waals surface area (Å²) < 4.78 is 0. The molecule has 100 valence electrons. The van der Waals surface area contributed by atoms with Crippen molar-refractivity contribution in [1.29, 1.82) is 0 Å². The largest absolute Gasteiger partial charge is 0.309 e. The number of hydrogen-bond donors (Lipinski definition) is 0. The maximum Gasteiger partial charge on any atom is 0.227 e. The van der Waals surface area contributed by atoms with Gasteiger partial charge in [-0.15, -0.1) is 0 Å². The van der Waals surface area contributed by atoms with Crippen LogP contribution in [0, 0.1) is 11.8 Å². The first kappa shape index (κ1) is 13.3. The van der Waals surface area contributed by atoms with Gasteiger partial charge in [0.1, 0.15) is 0 Å². The molecule has 1 saturated heterocycles. The van der Waals surface area contributed by atoms with Crippen molar-refractivity contribution in [3.63, 3.8) is 0 Å². The minimum Gasteiger partial charge on any atom is -0.309 e. The van der Waals surface area contributed by atoms with E-state index in [1.165, 1.54) is 19.3 Å². The second kappa shape index (κ2) is 5.68. The second-order valence-electron chi connectivity index (χ2n) is 5.64. The number of rotatable bonds is 4. The summed E-state index contributed by atoms with van der Waals surface area (Å²) in [5.41, 5.74) is 0.815. The number of Topliss-reactive ketones (excluding diaryl/α,β-unsaturated/α-hetero) is 1. The molecule has 0 spiro atoms. The predicted molar refractivity (Wildman–Crippen MR) is 70.8 cm³/mol. The molecular formula is C15H23NO2. The zero-order chi connectivity index (χ0) is 13.1. The van der Waals surface area contributed by atoms with E-state index in [1.807, 2.05) is 0 Å². The lowest BCUT2D eigenvalue weighted by atomic mass is 9.79. The summed E-state index contributed by atoms with van der Waals surface area (Å²) in [4.78, 5) is 25.4. The van der Waals surface area contributed by atoms with E-state index in [9.17, 15) is 9.59 Å². The first-order chi connectivity index (χ1) is 8.61. The summed E-state index contributed by atoms with van der Waals surface area (Å²) in [5, 5.41) is 0. The van der Waals surface area contributed by atoms with Gasteiger partial charge in [-0.05, 0) is 38.0 Å². The van der Waals surface area contributed by atoms with Crippen LogP contribution in [0.1, 0.15) is 51.9 Å². The molecule has 1 amide bonds. The van der Waals surface area contributed by atoms with Crippen LogP contribution in [0.2, 0.25) is 0 Å². The number of carbonyl (C=O) groups excluding carboxylic acids is 2. The van der Waals surface area contributed by atoms with E-state index < -0.39 is 0 Å². The minimum absolute atomic E-state index is 0.0654. The zero-order valence-electron chi connectivity index (χ0n) is 11.3. The summed E-state index contributed by atoms with van der Waals surface area (Å²) in [7, 11) is 0. The summed E-state index contributed by atoms with van der Waals surface area (Å²) in [5.74, 6) is 1.28. The molecule has 0 aromatic carbocycles. The molecule has 0 N–H and O–H groups in total. The Kier molecular flexibility index (Phi) is 4.20.